The van der Waals surface area contributed by atoms with Crippen molar-refractivity contribution in [2.75, 3.05) is 27.6 Å². The summed E-state index contributed by atoms with van der Waals surface area (Å²) in [5.74, 6) is 2.02. The summed E-state index contributed by atoms with van der Waals surface area (Å²) in [5, 5.41) is 0. The molecule has 0 aliphatic carbocycles. The number of benzene rings is 1. The zero-order valence-corrected chi connectivity index (χ0v) is 9.28. The number of hydrogen-bond donors (Lipinski definition) is 0. The predicted molar refractivity (Wildman–Crippen MR) is 56.7 cm³/mol. The van der Waals surface area contributed by atoms with Crippen LogP contribution in [0, 0.1) is 0 Å². The van der Waals surface area contributed by atoms with Crippen molar-refractivity contribution in [1.29, 1.82) is 0 Å². The van der Waals surface area contributed by atoms with E-state index in [1.165, 1.54) is 0 Å². The molecule has 1 rings (SSSR count). The maximum absolute atomic E-state index is 5.33. The average Bonchev–Trinajstić information content (AvgIpc) is 2.29. The number of hydrogen-bond acceptors (Lipinski definition) is 4. The lowest BCUT2D eigenvalue weighted by Gasteiger charge is -2.10. The first-order valence-electron chi connectivity index (χ1n) is 4.74. The van der Waals surface area contributed by atoms with Gasteiger partial charge in [-0.1, -0.05) is 0 Å². The number of methoxy groups -OCH3 is 2. The first kappa shape index (κ1) is 11.7. The molecule has 1 aromatic carbocycles. The number of ether oxygens (including phenoxy) is 4. The third kappa shape index (κ3) is 3.32. The fourth-order valence-electron chi connectivity index (χ4n) is 1.10. The third-order valence-corrected chi connectivity index (χ3v) is 1.87. The van der Waals surface area contributed by atoms with E-state index in [1.807, 2.05) is 6.92 Å². The molecule has 0 bridgehead atoms. The van der Waals surface area contributed by atoms with Gasteiger partial charge >= 0.3 is 0 Å². The quantitative estimate of drug-likeness (QED) is 0.534. The second-order valence-corrected chi connectivity index (χ2v) is 2.77. The predicted octanol–water partition coefficient (Wildman–Crippen LogP) is 2.08. The Kier molecular flexibility index (Phi) is 4.77. The standard InChI is InChI=1S/C11H16O4/c1-4-14-8-15-9-5-6-10(12-2)11(7-9)13-3/h5-7H,4,8H2,1-3H3. The first-order chi connectivity index (χ1) is 7.31. The van der Waals surface area contributed by atoms with E-state index in [0.29, 0.717) is 23.9 Å². The van der Waals surface area contributed by atoms with Crippen LogP contribution in [0.2, 0.25) is 0 Å². The van der Waals surface area contributed by atoms with E-state index in [0.717, 1.165) is 0 Å². The van der Waals surface area contributed by atoms with Crippen LogP contribution < -0.4 is 14.2 Å². The Hall–Kier alpha value is -1.42. The van der Waals surface area contributed by atoms with Crippen LogP contribution in [0.15, 0.2) is 18.2 Å². The van der Waals surface area contributed by atoms with Gasteiger partial charge in [0.25, 0.3) is 0 Å². The maximum Gasteiger partial charge on any atom is 0.189 e. The average molecular weight is 212 g/mol. The summed E-state index contributed by atoms with van der Waals surface area (Å²) in [5.41, 5.74) is 0. The van der Waals surface area contributed by atoms with Gasteiger partial charge in [0.1, 0.15) is 5.75 Å². The molecular weight excluding hydrogens is 196 g/mol. The monoisotopic (exact) mass is 212 g/mol. The summed E-state index contributed by atoms with van der Waals surface area (Å²) in [7, 11) is 3.18. The van der Waals surface area contributed by atoms with E-state index in [-0.39, 0.29) is 6.79 Å². The summed E-state index contributed by atoms with van der Waals surface area (Å²) < 4.78 is 20.6. The zero-order chi connectivity index (χ0) is 11.1. The van der Waals surface area contributed by atoms with Crippen LogP contribution in [0.5, 0.6) is 17.2 Å². The van der Waals surface area contributed by atoms with E-state index >= 15 is 0 Å². The fourth-order valence-corrected chi connectivity index (χ4v) is 1.10. The van der Waals surface area contributed by atoms with Gasteiger partial charge in [-0.2, -0.15) is 0 Å². The smallest absolute Gasteiger partial charge is 0.189 e. The minimum absolute atomic E-state index is 0.242. The minimum atomic E-state index is 0.242. The molecule has 0 spiro atoms. The highest BCUT2D eigenvalue weighted by molar-refractivity contribution is 5.45. The van der Waals surface area contributed by atoms with Crippen molar-refractivity contribution in [2.24, 2.45) is 0 Å². The van der Waals surface area contributed by atoms with Crippen LogP contribution in [0.1, 0.15) is 6.92 Å². The molecule has 0 amide bonds. The van der Waals surface area contributed by atoms with E-state index in [1.54, 1.807) is 32.4 Å². The SMILES string of the molecule is CCOCOc1ccc(OC)c(OC)c1. The van der Waals surface area contributed by atoms with Gasteiger partial charge in [-0.15, -0.1) is 0 Å². The molecule has 0 unspecified atom stereocenters. The van der Waals surface area contributed by atoms with Gasteiger partial charge in [-0.05, 0) is 19.1 Å². The van der Waals surface area contributed by atoms with Crippen molar-refractivity contribution >= 4 is 0 Å². The zero-order valence-electron chi connectivity index (χ0n) is 9.28. The van der Waals surface area contributed by atoms with Gasteiger partial charge < -0.3 is 18.9 Å². The summed E-state index contributed by atoms with van der Waals surface area (Å²) >= 11 is 0. The molecular formula is C11H16O4. The molecule has 0 aliphatic heterocycles. The molecule has 0 radical (unpaired) electrons. The van der Waals surface area contributed by atoms with E-state index in [4.69, 9.17) is 18.9 Å². The summed E-state index contributed by atoms with van der Waals surface area (Å²) in [6, 6.07) is 5.36. The molecule has 1 aromatic rings. The van der Waals surface area contributed by atoms with Crippen LogP contribution in [0.4, 0.5) is 0 Å². The van der Waals surface area contributed by atoms with E-state index in [2.05, 4.69) is 0 Å². The molecule has 0 N–H and O–H groups in total. The summed E-state index contributed by atoms with van der Waals surface area (Å²) in [6.45, 7) is 2.79. The summed E-state index contributed by atoms with van der Waals surface area (Å²) in [4.78, 5) is 0. The van der Waals surface area contributed by atoms with Crippen molar-refractivity contribution < 1.29 is 18.9 Å². The largest absolute Gasteiger partial charge is 0.493 e. The van der Waals surface area contributed by atoms with Gasteiger partial charge in [-0.25, -0.2) is 0 Å². The van der Waals surface area contributed by atoms with Gasteiger partial charge in [-0.3, -0.25) is 0 Å². The molecule has 0 aliphatic rings. The fraction of sp³-hybridized carbons (Fsp3) is 0.455. The Bertz CT molecular complexity index is 299. The van der Waals surface area contributed by atoms with Gasteiger partial charge in [0, 0.05) is 12.7 Å². The molecule has 0 saturated heterocycles. The van der Waals surface area contributed by atoms with Crippen molar-refractivity contribution in [2.45, 2.75) is 6.92 Å². The van der Waals surface area contributed by atoms with Crippen molar-refractivity contribution in [3.8, 4) is 17.2 Å². The third-order valence-electron chi connectivity index (χ3n) is 1.87. The van der Waals surface area contributed by atoms with Gasteiger partial charge in [0.15, 0.2) is 18.3 Å². The second kappa shape index (κ2) is 6.14. The Balaban J connectivity index is 2.66. The van der Waals surface area contributed by atoms with E-state index < -0.39 is 0 Å². The van der Waals surface area contributed by atoms with E-state index in [9.17, 15) is 0 Å². The lowest BCUT2D eigenvalue weighted by Crippen LogP contribution is -2.02. The molecule has 4 nitrogen and oxygen atoms in total. The number of rotatable bonds is 6. The highest BCUT2D eigenvalue weighted by Gasteiger charge is 2.04. The highest BCUT2D eigenvalue weighted by atomic mass is 16.7. The van der Waals surface area contributed by atoms with Crippen LogP contribution >= 0.6 is 0 Å². The molecule has 0 heterocycles. The Morgan fingerprint density at radius 1 is 1.07 bits per heavy atom. The van der Waals surface area contributed by atoms with Crippen LogP contribution in [-0.2, 0) is 4.74 Å². The van der Waals surface area contributed by atoms with Crippen LogP contribution in [0.25, 0.3) is 0 Å². The lowest BCUT2D eigenvalue weighted by atomic mass is 10.3. The van der Waals surface area contributed by atoms with Crippen molar-refractivity contribution in [3.63, 3.8) is 0 Å². The van der Waals surface area contributed by atoms with Gasteiger partial charge in [0.2, 0.25) is 0 Å². The minimum Gasteiger partial charge on any atom is -0.493 e. The Labute approximate surface area is 89.7 Å². The molecule has 15 heavy (non-hydrogen) atoms. The molecule has 0 fully saturated rings. The molecule has 4 heteroatoms. The Morgan fingerprint density at radius 3 is 2.40 bits per heavy atom. The lowest BCUT2D eigenvalue weighted by molar-refractivity contribution is 0.0222. The van der Waals surface area contributed by atoms with Gasteiger partial charge in [0.05, 0.1) is 14.2 Å². The van der Waals surface area contributed by atoms with Crippen LogP contribution in [-0.4, -0.2) is 27.6 Å². The van der Waals surface area contributed by atoms with Crippen LogP contribution in [0.3, 0.4) is 0 Å². The van der Waals surface area contributed by atoms with Crippen molar-refractivity contribution in [3.05, 3.63) is 18.2 Å². The highest BCUT2D eigenvalue weighted by Crippen LogP contribution is 2.30. The normalized spacial score (nSPS) is 9.80. The Morgan fingerprint density at radius 2 is 1.80 bits per heavy atom. The molecule has 84 valence electrons. The molecule has 0 aromatic heterocycles. The maximum atomic E-state index is 5.33. The second-order valence-electron chi connectivity index (χ2n) is 2.77. The first-order valence-corrected chi connectivity index (χ1v) is 4.74. The van der Waals surface area contributed by atoms with Crippen molar-refractivity contribution in [1.82, 2.24) is 0 Å². The molecule has 0 atom stereocenters. The summed E-state index contributed by atoms with van der Waals surface area (Å²) in [6.07, 6.45) is 0. The molecule has 0 saturated carbocycles. The topological polar surface area (TPSA) is 36.9 Å².